The highest BCUT2D eigenvalue weighted by atomic mass is 127. The summed E-state index contributed by atoms with van der Waals surface area (Å²) in [4.78, 5) is 50.1. The molecule has 3 amide bonds. The molecule has 0 fully saturated rings. The van der Waals surface area contributed by atoms with Crippen LogP contribution in [-0.4, -0.2) is 94.0 Å². The second kappa shape index (κ2) is 16.2. The van der Waals surface area contributed by atoms with Crippen molar-refractivity contribution in [3.8, 4) is 0 Å². The second-order valence-corrected chi connectivity index (χ2v) is 10.7. The first-order valence-corrected chi connectivity index (χ1v) is 13.6. The number of aliphatic hydroxyl groups excluding tert-OH is 6. The fourth-order valence-corrected chi connectivity index (χ4v) is 6.98. The molecule has 1 rings (SSSR count). The van der Waals surface area contributed by atoms with Gasteiger partial charge in [0.2, 0.25) is 17.9 Å². The van der Waals surface area contributed by atoms with Crippen molar-refractivity contribution in [3.05, 3.63) is 16.3 Å². The summed E-state index contributed by atoms with van der Waals surface area (Å²) in [6.07, 6.45) is -1.80. The highest BCUT2D eigenvalue weighted by Gasteiger charge is 2.35. The Morgan fingerprint density at radius 1 is 0.676 bits per heavy atom. The zero-order valence-electron chi connectivity index (χ0n) is 19.0. The van der Waals surface area contributed by atoms with E-state index in [0.717, 1.165) is 0 Å². The van der Waals surface area contributed by atoms with Gasteiger partial charge in [-0.3, -0.25) is 19.2 Å². The van der Waals surface area contributed by atoms with Gasteiger partial charge in [-0.25, -0.2) is 0 Å². The van der Waals surface area contributed by atoms with Crippen molar-refractivity contribution in [2.75, 3.05) is 50.3 Å². The normalized spacial score (nSPS) is 12.1. The van der Waals surface area contributed by atoms with E-state index >= 15 is 0 Å². The average Bonchev–Trinajstić information content (AvgIpc) is 2.86. The SMILES string of the molecule is NC(=O)C(OC(=O)C(CO)CO)c1c(I)c(NC(=O)C(CO)CO)c(I)c(NC(=O)C(CO)CO)c1I. The number of amides is 3. The van der Waals surface area contributed by atoms with Crippen molar-refractivity contribution >= 4 is 103 Å². The van der Waals surface area contributed by atoms with E-state index in [4.69, 9.17) is 10.5 Å². The lowest BCUT2D eigenvalue weighted by molar-refractivity contribution is -0.162. The number of aliphatic hydroxyl groups is 6. The Labute approximate surface area is 251 Å². The highest BCUT2D eigenvalue weighted by Crippen LogP contribution is 2.42. The number of anilines is 2. The Hall–Kier alpha value is -0.950. The van der Waals surface area contributed by atoms with E-state index in [1.165, 1.54) is 0 Å². The zero-order valence-corrected chi connectivity index (χ0v) is 25.5. The maximum absolute atomic E-state index is 12.6. The third kappa shape index (κ3) is 8.52. The Morgan fingerprint density at radius 3 is 1.32 bits per heavy atom. The molecule has 0 bridgehead atoms. The number of hydrogen-bond acceptors (Lipinski definition) is 11. The summed E-state index contributed by atoms with van der Waals surface area (Å²) in [5.74, 6) is -7.69. The number of rotatable bonds is 14. The smallest absolute Gasteiger partial charge is 0.314 e. The minimum Gasteiger partial charge on any atom is -0.447 e. The molecule has 0 spiro atoms. The third-order valence-corrected chi connectivity index (χ3v) is 8.32. The van der Waals surface area contributed by atoms with Crippen LogP contribution in [0.4, 0.5) is 11.4 Å². The number of halogens is 3. The first kappa shape index (κ1) is 34.1. The van der Waals surface area contributed by atoms with Gasteiger partial charge in [-0.05, 0) is 67.8 Å². The average molecular weight is 865 g/mol. The van der Waals surface area contributed by atoms with E-state index < -0.39 is 87.2 Å². The molecule has 0 aromatic heterocycles. The monoisotopic (exact) mass is 865 g/mol. The molecule has 0 aliphatic rings. The van der Waals surface area contributed by atoms with Crippen LogP contribution in [0.15, 0.2) is 0 Å². The van der Waals surface area contributed by atoms with Gasteiger partial charge in [0.15, 0.2) is 0 Å². The maximum atomic E-state index is 12.6. The summed E-state index contributed by atoms with van der Waals surface area (Å²) in [7, 11) is 0. The van der Waals surface area contributed by atoms with Gasteiger partial charge in [0.25, 0.3) is 5.91 Å². The molecule has 208 valence electrons. The van der Waals surface area contributed by atoms with Crippen molar-refractivity contribution in [2.45, 2.75) is 6.10 Å². The van der Waals surface area contributed by atoms with Crippen LogP contribution in [0.25, 0.3) is 0 Å². The summed E-state index contributed by atoms with van der Waals surface area (Å²) < 4.78 is 5.73. The van der Waals surface area contributed by atoms with E-state index in [-0.39, 0.29) is 27.6 Å². The Kier molecular flexibility index (Phi) is 14.9. The summed E-state index contributed by atoms with van der Waals surface area (Å²) in [6.45, 7) is -4.30. The van der Waals surface area contributed by atoms with Crippen LogP contribution in [0, 0.1) is 28.5 Å². The van der Waals surface area contributed by atoms with Crippen LogP contribution in [0.1, 0.15) is 11.7 Å². The Bertz CT molecular complexity index is 946. The van der Waals surface area contributed by atoms with Crippen LogP contribution in [0.2, 0.25) is 0 Å². The minimum atomic E-state index is -1.80. The Balaban J connectivity index is 3.83. The standard InChI is InChI=1S/C20H26I3N3O11/c21-11-10(16(17(24)33)37-20(36)9(5-31)6-32)12(22)15(26-19(35)8(3-29)4-30)13(23)14(11)25-18(34)7(1-27)2-28/h7-9,16,27-32H,1-6H2,(H2,24,33)(H,25,34)(H,26,35). The molecule has 1 unspecified atom stereocenters. The Morgan fingerprint density at radius 2 is 1.03 bits per heavy atom. The van der Waals surface area contributed by atoms with Gasteiger partial charge in [-0.1, -0.05) is 0 Å². The molecule has 1 atom stereocenters. The molecule has 1 aromatic carbocycles. The predicted octanol–water partition coefficient (Wildman–Crippen LogP) is -1.75. The van der Waals surface area contributed by atoms with Gasteiger partial charge in [0.1, 0.15) is 5.92 Å². The largest absolute Gasteiger partial charge is 0.447 e. The van der Waals surface area contributed by atoms with Crippen molar-refractivity contribution in [1.29, 1.82) is 0 Å². The summed E-state index contributed by atoms with van der Waals surface area (Å²) in [5, 5.41) is 61.1. The number of carbonyl (C=O) groups excluding carboxylic acids is 4. The summed E-state index contributed by atoms with van der Waals surface area (Å²) in [5.41, 5.74) is 5.47. The molecule has 10 N–H and O–H groups in total. The minimum absolute atomic E-state index is 0.0107. The molecule has 17 heteroatoms. The van der Waals surface area contributed by atoms with Crippen molar-refractivity contribution < 1.29 is 54.6 Å². The van der Waals surface area contributed by atoms with Crippen LogP contribution >= 0.6 is 67.8 Å². The molecule has 0 saturated heterocycles. The predicted molar refractivity (Wildman–Crippen MR) is 153 cm³/mol. The van der Waals surface area contributed by atoms with E-state index in [0.29, 0.717) is 0 Å². The molecule has 1 aromatic rings. The lowest BCUT2D eigenvalue weighted by atomic mass is 10.0. The number of benzene rings is 1. The molecule has 37 heavy (non-hydrogen) atoms. The lowest BCUT2D eigenvalue weighted by Gasteiger charge is -2.26. The van der Waals surface area contributed by atoms with Crippen LogP contribution in [0.3, 0.4) is 0 Å². The van der Waals surface area contributed by atoms with Crippen LogP contribution in [0.5, 0.6) is 0 Å². The zero-order chi connectivity index (χ0) is 28.4. The van der Waals surface area contributed by atoms with Gasteiger partial charge < -0.3 is 51.7 Å². The molecular formula is C20H26I3N3O11. The topological polar surface area (TPSA) is 249 Å². The number of esters is 1. The first-order chi connectivity index (χ1) is 17.4. The van der Waals surface area contributed by atoms with Crippen LogP contribution < -0.4 is 16.4 Å². The number of nitrogens with one attached hydrogen (secondary N) is 2. The van der Waals surface area contributed by atoms with Gasteiger partial charge in [0.05, 0.1) is 66.4 Å². The first-order valence-electron chi connectivity index (χ1n) is 10.4. The van der Waals surface area contributed by atoms with E-state index in [1.807, 2.05) is 0 Å². The number of nitrogens with two attached hydrogens (primary N) is 1. The van der Waals surface area contributed by atoms with Gasteiger partial charge in [-0.2, -0.15) is 0 Å². The number of ether oxygens (including phenoxy) is 1. The fourth-order valence-electron chi connectivity index (χ4n) is 2.71. The van der Waals surface area contributed by atoms with E-state index in [9.17, 15) is 49.8 Å². The fraction of sp³-hybridized carbons (Fsp3) is 0.500. The summed E-state index contributed by atoms with van der Waals surface area (Å²) >= 11 is 5.27. The van der Waals surface area contributed by atoms with Gasteiger partial charge >= 0.3 is 5.97 Å². The van der Waals surface area contributed by atoms with Gasteiger partial charge in [0, 0.05) is 12.7 Å². The molecule has 0 aliphatic heterocycles. The van der Waals surface area contributed by atoms with Crippen molar-refractivity contribution in [3.63, 3.8) is 0 Å². The van der Waals surface area contributed by atoms with Crippen molar-refractivity contribution in [2.24, 2.45) is 23.5 Å². The molecule has 0 heterocycles. The molecule has 0 saturated carbocycles. The summed E-state index contributed by atoms with van der Waals surface area (Å²) in [6, 6.07) is 0. The van der Waals surface area contributed by atoms with Gasteiger partial charge in [-0.15, -0.1) is 0 Å². The number of carbonyl (C=O) groups is 4. The van der Waals surface area contributed by atoms with E-state index in [1.54, 1.807) is 67.8 Å². The molecule has 0 aliphatic carbocycles. The highest BCUT2D eigenvalue weighted by molar-refractivity contribution is 14.1. The van der Waals surface area contributed by atoms with Crippen molar-refractivity contribution in [1.82, 2.24) is 0 Å². The molecular weight excluding hydrogens is 839 g/mol. The number of hydrogen-bond donors (Lipinski definition) is 9. The number of primary amides is 1. The van der Waals surface area contributed by atoms with E-state index in [2.05, 4.69) is 10.6 Å². The third-order valence-electron chi connectivity index (χ3n) is 5.00. The molecule has 14 nitrogen and oxygen atoms in total. The maximum Gasteiger partial charge on any atom is 0.314 e. The molecule has 0 radical (unpaired) electrons. The second-order valence-electron chi connectivity index (χ2n) is 7.49. The van der Waals surface area contributed by atoms with Crippen LogP contribution in [-0.2, 0) is 23.9 Å². The quantitative estimate of drug-likeness (QED) is 0.0750. The lowest BCUT2D eigenvalue weighted by Crippen LogP contribution is -2.34.